The molecule has 254 valence electrons. The minimum absolute atomic E-state index is 0.0000841. The third-order valence-electron chi connectivity index (χ3n) is 15.1. The van der Waals surface area contributed by atoms with E-state index in [0.717, 1.165) is 57.8 Å². The fourth-order valence-electron chi connectivity index (χ4n) is 12.2. The minimum atomic E-state index is -1.75. The highest BCUT2D eigenvalue weighted by Gasteiger charge is 2.69. The van der Waals surface area contributed by atoms with Gasteiger partial charge in [-0.2, -0.15) is 0 Å². The summed E-state index contributed by atoms with van der Waals surface area (Å²) in [6.07, 6.45) is 2.94. The van der Waals surface area contributed by atoms with Gasteiger partial charge >= 0.3 is 11.9 Å². The van der Waals surface area contributed by atoms with Crippen LogP contribution in [0.25, 0.3) is 0 Å². The Bertz CT molecular complexity index is 1260. The van der Waals surface area contributed by atoms with Crippen molar-refractivity contribution in [3.05, 3.63) is 11.6 Å². The molecule has 0 amide bonds. The molecule has 5 fully saturated rings. The van der Waals surface area contributed by atoms with Gasteiger partial charge in [-0.3, -0.25) is 4.79 Å². The van der Waals surface area contributed by atoms with Gasteiger partial charge in [-0.05, 0) is 109 Å². The fraction of sp³-hybridized carbons (Fsp3) is 0.889. The number of hydrogen-bond donors (Lipinski definition) is 5. The number of carboxylic acids is 2. The monoisotopic (exact) mass is 632 g/mol. The van der Waals surface area contributed by atoms with Gasteiger partial charge in [0.1, 0.15) is 18.3 Å². The third kappa shape index (κ3) is 4.57. The van der Waals surface area contributed by atoms with Gasteiger partial charge in [0.25, 0.3) is 0 Å². The summed E-state index contributed by atoms with van der Waals surface area (Å²) in [6.45, 7) is 16.4. The normalized spacial score (nSPS) is 51.9. The molecule has 0 bridgehead atoms. The van der Waals surface area contributed by atoms with Gasteiger partial charge in [0.05, 0.1) is 11.5 Å². The van der Waals surface area contributed by atoms with E-state index < -0.39 is 48.1 Å². The van der Waals surface area contributed by atoms with Crippen molar-refractivity contribution < 1.29 is 44.6 Å². The average molecular weight is 633 g/mol. The summed E-state index contributed by atoms with van der Waals surface area (Å²) in [5, 5.41) is 51.4. The molecule has 1 saturated heterocycles. The summed E-state index contributed by atoms with van der Waals surface area (Å²) in [5.41, 5.74) is 0.508. The molecule has 45 heavy (non-hydrogen) atoms. The molecule has 0 aromatic rings. The Morgan fingerprint density at radius 1 is 0.822 bits per heavy atom. The molecule has 0 unspecified atom stereocenters. The minimum Gasteiger partial charge on any atom is -0.481 e. The number of fused-ring (bicyclic) bond motifs is 7. The molecule has 4 saturated carbocycles. The van der Waals surface area contributed by atoms with Crippen LogP contribution in [-0.2, 0) is 19.1 Å². The maximum Gasteiger partial charge on any atom is 0.335 e. The molecule has 13 atom stereocenters. The smallest absolute Gasteiger partial charge is 0.335 e. The summed E-state index contributed by atoms with van der Waals surface area (Å²) < 4.78 is 11.9. The zero-order chi connectivity index (χ0) is 33.1. The van der Waals surface area contributed by atoms with Crippen LogP contribution in [0.2, 0.25) is 0 Å². The third-order valence-corrected chi connectivity index (χ3v) is 15.1. The lowest BCUT2D eigenvalue weighted by atomic mass is 9.33. The maximum absolute atomic E-state index is 12.9. The molecule has 0 aromatic heterocycles. The number of carboxylic acid groups (broad SMARTS) is 2. The van der Waals surface area contributed by atoms with E-state index in [1.54, 1.807) is 0 Å². The lowest BCUT2D eigenvalue weighted by Gasteiger charge is -2.71. The van der Waals surface area contributed by atoms with E-state index >= 15 is 0 Å². The molecule has 0 aromatic carbocycles. The highest BCUT2D eigenvalue weighted by Crippen LogP contribution is 2.76. The van der Waals surface area contributed by atoms with Gasteiger partial charge in [0, 0.05) is 0 Å². The Morgan fingerprint density at radius 3 is 2.13 bits per heavy atom. The van der Waals surface area contributed by atoms with E-state index in [1.807, 2.05) is 0 Å². The van der Waals surface area contributed by atoms with Crippen LogP contribution in [0.3, 0.4) is 0 Å². The first-order chi connectivity index (χ1) is 20.7. The lowest BCUT2D eigenvalue weighted by molar-refractivity contribution is -0.324. The van der Waals surface area contributed by atoms with Crippen molar-refractivity contribution in [1.82, 2.24) is 0 Å². The van der Waals surface area contributed by atoms with E-state index in [4.69, 9.17) is 9.47 Å². The van der Waals surface area contributed by atoms with Crippen LogP contribution < -0.4 is 0 Å². The molecule has 6 rings (SSSR count). The number of hydrogen-bond acceptors (Lipinski definition) is 7. The van der Waals surface area contributed by atoms with Crippen molar-refractivity contribution >= 4 is 11.9 Å². The van der Waals surface area contributed by atoms with Gasteiger partial charge in [-0.25, -0.2) is 4.79 Å². The summed E-state index contributed by atoms with van der Waals surface area (Å²) in [6, 6.07) is 0. The molecule has 5 aliphatic carbocycles. The number of rotatable bonds is 4. The molecule has 9 heteroatoms. The van der Waals surface area contributed by atoms with Crippen molar-refractivity contribution in [1.29, 1.82) is 0 Å². The number of allylic oxidation sites excluding steroid dienone is 2. The Balaban J connectivity index is 1.29. The van der Waals surface area contributed by atoms with Crippen molar-refractivity contribution in [3.8, 4) is 0 Å². The molecule has 5 N–H and O–H groups in total. The van der Waals surface area contributed by atoms with Crippen LogP contribution in [0, 0.1) is 50.2 Å². The Morgan fingerprint density at radius 2 is 1.49 bits per heavy atom. The standard InChI is InChI=1S/C36H56O9/c1-31(2)14-16-36(30(42)43)17-15-34(6)19(20(36)18-31)8-9-22-33(5)12-11-23(32(3,4)21(33)10-13-35(22,34)7)44-29-26(39)24(37)25(38)27(45-29)28(40)41/h8,20-27,29,37-39H,9-18H2,1-7H3,(H,40,41)(H,42,43)/t20-,21-,22+,23-,24-,25-,26+,27-,29+,33-,34+,35+,36-/m0/s1. The first-order valence-electron chi connectivity index (χ1n) is 17.3. The first-order valence-corrected chi connectivity index (χ1v) is 17.3. The molecule has 1 heterocycles. The number of aliphatic carboxylic acids is 2. The van der Waals surface area contributed by atoms with Gasteiger partial charge in [0.15, 0.2) is 12.4 Å². The second-order valence-electron chi connectivity index (χ2n) is 17.9. The molecule has 0 spiro atoms. The highest BCUT2D eigenvalue weighted by molar-refractivity contribution is 5.76. The topological polar surface area (TPSA) is 154 Å². The molecule has 9 nitrogen and oxygen atoms in total. The zero-order valence-corrected chi connectivity index (χ0v) is 28.2. The van der Waals surface area contributed by atoms with Gasteiger partial charge in [0.2, 0.25) is 0 Å². The summed E-state index contributed by atoms with van der Waals surface area (Å²) in [5.74, 6) is -1.24. The van der Waals surface area contributed by atoms with Crippen molar-refractivity contribution in [2.75, 3.05) is 0 Å². The van der Waals surface area contributed by atoms with Crippen LogP contribution in [0.4, 0.5) is 0 Å². The van der Waals surface area contributed by atoms with Crippen molar-refractivity contribution in [2.24, 2.45) is 50.2 Å². The molecule has 1 aliphatic heterocycles. The Labute approximate surface area is 267 Å². The van der Waals surface area contributed by atoms with Gasteiger partial charge in [-0.1, -0.05) is 60.1 Å². The van der Waals surface area contributed by atoms with E-state index in [9.17, 15) is 35.1 Å². The van der Waals surface area contributed by atoms with Gasteiger partial charge in [-0.15, -0.1) is 0 Å². The van der Waals surface area contributed by atoms with E-state index in [-0.39, 0.29) is 39.1 Å². The van der Waals surface area contributed by atoms with E-state index in [1.165, 1.54) is 5.57 Å². The predicted molar refractivity (Wildman–Crippen MR) is 166 cm³/mol. The average Bonchev–Trinajstić information content (AvgIpc) is 2.94. The van der Waals surface area contributed by atoms with E-state index in [2.05, 4.69) is 54.5 Å². The molecular formula is C36H56O9. The zero-order valence-electron chi connectivity index (χ0n) is 28.2. The van der Waals surface area contributed by atoms with Crippen LogP contribution in [-0.4, -0.2) is 74.3 Å². The molecular weight excluding hydrogens is 576 g/mol. The van der Waals surface area contributed by atoms with Crippen LogP contribution in [0.15, 0.2) is 11.6 Å². The highest BCUT2D eigenvalue weighted by atomic mass is 16.7. The Kier molecular flexibility index (Phi) is 7.78. The summed E-state index contributed by atoms with van der Waals surface area (Å²) >= 11 is 0. The van der Waals surface area contributed by atoms with Gasteiger partial charge < -0.3 is 35.0 Å². The van der Waals surface area contributed by atoms with Crippen LogP contribution in [0.5, 0.6) is 0 Å². The SMILES string of the molecule is CC1(C)CC[C@]2(C(=O)O)CC[C@]3(C)C(=CC[C@@H]4[C@@]5(C)CC[C@H](O[C@@H]6O[C@H](C(=O)O)[C@@H](O)[C@H](O)[C@H]6O)C(C)(C)[C@@H]5CC[C@]43C)[C@@H]2C1. The quantitative estimate of drug-likeness (QED) is 0.209. The van der Waals surface area contributed by atoms with E-state index in [0.29, 0.717) is 18.3 Å². The second kappa shape index (κ2) is 10.5. The molecule has 6 aliphatic rings. The number of aliphatic hydroxyl groups is 3. The van der Waals surface area contributed by atoms with Crippen LogP contribution >= 0.6 is 0 Å². The number of aliphatic hydroxyl groups excluding tert-OH is 3. The second-order valence-corrected chi connectivity index (χ2v) is 17.9. The Hall–Kier alpha value is -1.52. The van der Waals surface area contributed by atoms with Crippen molar-refractivity contribution in [2.45, 2.75) is 149 Å². The predicted octanol–water partition coefficient (Wildman–Crippen LogP) is 5.15. The number of carbonyl (C=O) groups is 2. The first kappa shape index (κ1) is 33.4. The summed E-state index contributed by atoms with van der Waals surface area (Å²) in [7, 11) is 0. The fourth-order valence-corrected chi connectivity index (χ4v) is 12.2. The lowest BCUT2D eigenvalue weighted by Crippen LogP contribution is -2.66. The number of ether oxygens (including phenoxy) is 2. The molecule has 0 radical (unpaired) electrons. The maximum atomic E-state index is 12.9. The summed E-state index contributed by atoms with van der Waals surface area (Å²) in [4.78, 5) is 24.6. The largest absolute Gasteiger partial charge is 0.481 e. The van der Waals surface area contributed by atoms with Crippen LogP contribution in [0.1, 0.15) is 113 Å². The van der Waals surface area contributed by atoms with Crippen molar-refractivity contribution in [3.63, 3.8) is 0 Å².